The summed E-state index contributed by atoms with van der Waals surface area (Å²) in [7, 11) is 2.26. The summed E-state index contributed by atoms with van der Waals surface area (Å²) in [6, 6.07) is 9.50. The molecule has 0 amide bonds. The predicted octanol–water partition coefficient (Wildman–Crippen LogP) is 3.86. The normalized spacial score (nSPS) is 27.4. The van der Waals surface area contributed by atoms with Crippen LogP contribution in [0, 0.1) is 0 Å². The van der Waals surface area contributed by atoms with Crippen molar-refractivity contribution in [1.29, 1.82) is 0 Å². The Morgan fingerprint density at radius 2 is 2.10 bits per heavy atom. The molecule has 2 nitrogen and oxygen atoms in total. The van der Waals surface area contributed by atoms with E-state index in [2.05, 4.69) is 57.0 Å². The second kappa shape index (κ2) is 6.28. The fraction of sp³-hybridized carbons (Fsp3) is 0.667. The first kappa shape index (κ1) is 15.5. The van der Waals surface area contributed by atoms with Crippen LogP contribution < -0.4 is 5.73 Å². The van der Waals surface area contributed by atoms with Gasteiger partial charge in [-0.15, -0.1) is 0 Å². The zero-order valence-electron chi connectivity index (χ0n) is 13.5. The van der Waals surface area contributed by atoms with Gasteiger partial charge in [0.05, 0.1) is 5.54 Å². The molecule has 1 aliphatic rings. The largest absolute Gasteiger partial charge is 0.328 e. The Kier molecular flexibility index (Phi) is 4.87. The predicted molar refractivity (Wildman–Crippen MR) is 87.0 cm³/mol. The summed E-state index contributed by atoms with van der Waals surface area (Å²) in [5, 5.41) is 0. The molecular formula is C18H30N2. The highest BCUT2D eigenvalue weighted by Gasteiger charge is 2.42. The van der Waals surface area contributed by atoms with E-state index in [1.54, 1.807) is 0 Å². The van der Waals surface area contributed by atoms with Crippen molar-refractivity contribution in [3.63, 3.8) is 0 Å². The van der Waals surface area contributed by atoms with Crippen LogP contribution in [0.3, 0.4) is 0 Å². The smallest absolute Gasteiger partial charge is 0.0586 e. The summed E-state index contributed by atoms with van der Waals surface area (Å²) in [5.41, 5.74) is 9.28. The molecule has 3 unspecified atom stereocenters. The molecule has 1 aromatic carbocycles. The quantitative estimate of drug-likeness (QED) is 0.883. The Labute approximate surface area is 124 Å². The van der Waals surface area contributed by atoms with Crippen LogP contribution in [0.1, 0.15) is 63.5 Å². The Bertz CT molecular complexity index is 443. The topological polar surface area (TPSA) is 29.3 Å². The van der Waals surface area contributed by atoms with Gasteiger partial charge in [-0.1, -0.05) is 44.5 Å². The van der Waals surface area contributed by atoms with Gasteiger partial charge in [-0.05, 0) is 50.3 Å². The number of nitrogens with zero attached hydrogens (tertiary/aromatic N) is 1. The van der Waals surface area contributed by atoms with Crippen LogP contribution in [-0.4, -0.2) is 24.5 Å². The third-order valence-electron chi connectivity index (χ3n) is 5.36. The third-order valence-corrected chi connectivity index (χ3v) is 5.36. The van der Waals surface area contributed by atoms with Crippen molar-refractivity contribution in [1.82, 2.24) is 4.90 Å². The fourth-order valence-electron chi connectivity index (χ4n) is 3.85. The van der Waals surface area contributed by atoms with E-state index in [0.29, 0.717) is 18.5 Å². The maximum Gasteiger partial charge on any atom is 0.0586 e. The molecule has 20 heavy (non-hydrogen) atoms. The van der Waals surface area contributed by atoms with E-state index in [4.69, 9.17) is 5.73 Å². The van der Waals surface area contributed by atoms with E-state index >= 15 is 0 Å². The summed E-state index contributed by atoms with van der Waals surface area (Å²) in [4.78, 5) is 2.54. The summed E-state index contributed by atoms with van der Waals surface area (Å²) >= 11 is 0. The molecule has 0 aliphatic heterocycles. The number of rotatable bonds is 5. The first-order valence-electron chi connectivity index (χ1n) is 8.09. The first-order valence-corrected chi connectivity index (χ1v) is 8.09. The zero-order valence-corrected chi connectivity index (χ0v) is 13.5. The van der Waals surface area contributed by atoms with Gasteiger partial charge < -0.3 is 5.73 Å². The van der Waals surface area contributed by atoms with Gasteiger partial charge in [0.1, 0.15) is 0 Å². The molecule has 0 radical (unpaired) electrons. The molecular weight excluding hydrogens is 244 g/mol. The van der Waals surface area contributed by atoms with Crippen molar-refractivity contribution in [3.05, 3.63) is 35.4 Å². The molecule has 3 atom stereocenters. The van der Waals surface area contributed by atoms with E-state index in [9.17, 15) is 0 Å². The first-order chi connectivity index (χ1) is 9.56. The summed E-state index contributed by atoms with van der Waals surface area (Å²) in [6.45, 7) is 7.65. The molecule has 0 bridgehead atoms. The Morgan fingerprint density at radius 1 is 1.40 bits per heavy atom. The van der Waals surface area contributed by atoms with Crippen LogP contribution >= 0.6 is 0 Å². The van der Waals surface area contributed by atoms with Gasteiger partial charge in [0.2, 0.25) is 0 Å². The van der Waals surface area contributed by atoms with E-state index < -0.39 is 0 Å². The number of hydrogen-bond donors (Lipinski definition) is 1. The standard InChI is InChI=1S/C18H30N2/c1-5-8-15(3)20(4)18(13-19)12-11-14(2)16-9-6-7-10-17(16)18/h6-7,9-10,14-15H,5,8,11-13,19H2,1-4H3. The third kappa shape index (κ3) is 2.51. The summed E-state index contributed by atoms with van der Waals surface area (Å²) in [5.74, 6) is 0.653. The molecule has 1 aromatic rings. The van der Waals surface area contributed by atoms with E-state index in [0.717, 1.165) is 0 Å². The molecule has 2 heteroatoms. The lowest BCUT2D eigenvalue weighted by Gasteiger charge is -2.49. The van der Waals surface area contributed by atoms with Gasteiger partial charge in [0.25, 0.3) is 0 Å². The lowest BCUT2D eigenvalue weighted by atomic mass is 9.71. The zero-order chi connectivity index (χ0) is 14.8. The van der Waals surface area contributed by atoms with Crippen LogP contribution in [0.15, 0.2) is 24.3 Å². The fourth-order valence-corrected chi connectivity index (χ4v) is 3.85. The lowest BCUT2D eigenvalue weighted by Crippen LogP contribution is -2.54. The average molecular weight is 274 g/mol. The maximum atomic E-state index is 6.29. The highest BCUT2D eigenvalue weighted by atomic mass is 15.2. The second-order valence-corrected chi connectivity index (χ2v) is 6.51. The van der Waals surface area contributed by atoms with E-state index in [-0.39, 0.29) is 5.54 Å². The molecule has 0 heterocycles. The van der Waals surface area contributed by atoms with Gasteiger partial charge in [-0.25, -0.2) is 0 Å². The van der Waals surface area contributed by atoms with E-state index in [1.807, 2.05) is 0 Å². The second-order valence-electron chi connectivity index (χ2n) is 6.51. The van der Waals surface area contributed by atoms with E-state index in [1.165, 1.54) is 36.8 Å². The van der Waals surface area contributed by atoms with Crippen molar-refractivity contribution in [2.45, 2.75) is 64.0 Å². The minimum Gasteiger partial charge on any atom is -0.328 e. The number of hydrogen-bond acceptors (Lipinski definition) is 2. The van der Waals surface area contributed by atoms with Crippen LogP contribution in [-0.2, 0) is 5.54 Å². The lowest BCUT2D eigenvalue weighted by molar-refractivity contribution is 0.0584. The van der Waals surface area contributed by atoms with Crippen molar-refractivity contribution in [2.24, 2.45) is 5.73 Å². The Morgan fingerprint density at radius 3 is 2.75 bits per heavy atom. The van der Waals surface area contributed by atoms with Gasteiger partial charge in [0.15, 0.2) is 0 Å². The van der Waals surface area contributed by atoms with Gasteiger partial charge in [0, 0.05) is 12.6 Å². The van der Waals surface area contributed by atoms with Crippen molar-refractivity contribution < 1.29 is 0 Å². The molecule has 0 saturated heterocycles. The minimum absolute atomic E-state index is 0.0255. The van der Waals surface area contributed by atoms with Crippen molar-refractivity contribution in [3.8, 4) is 0 Å². The van der Waals surface area contributed by atoms with Crippen LogP contribution in [0.4, 0.5) is 0 Å². The number of likely N-dealkylation sites (N-methyl/N-ethyl adjacent to an activating group) is 1. The number of fused-ring (bicyclic) bond motifs is 1. The molecule has 0 saturated carbocycles. The van der Waals surface area contributed by atoms with Crippen molar-refractivity contribution >= 4 is 0 Å². The molecule has 2 N–H and O–H groups in total. The molecule has 2 rings (SSSR count). The Hall–Kier alpha value is -0.860. The van der Waals surface area contributed by atoms with Gasteiger partial charge in [-0.3, -0.25) is 4.90 Å². The van der Waals surface area contributed by atoms with Crippen LogP contribution in [0.2, 0.25) is 0 Å². The SMILES string of the molecule is CCCC(C)N(C)C1(CN)CCC(C)c2ccccc21. The Balaban J connectivity index is 2.43. The molecule has 0 fully saturated rings. The molecule has 0 spiro atoms. The van der Waals surface area contributed by atoms with Gasteiger partial charge in [-0.2, -0.15) is 0 Å². The summed E-state index contributed by atoms with van der Waals surface area (Å²) in [6.07, 6.45) is 4.86. The highest BCUT2D eigenvalue weighted by molar-refractivity contribution is 5.39. The average Bonchev–Trinajstić information content (AvgIpc) is 2.48. The van der Waals surface area contributed by atoms with Gasteiger partial charge >= 0.3 is 0 Å². The minimum atomic E-state index is 0.0255. The number of nitrogens with two attached hydrogens (primary N) is 1. The monoisotopic (exact) mass is 274 g/mol. The van der Waals surface area contributed by atoms with Crippen LogP contribution in [0.5, 0.6) is 0 Å². The molecule has 112 valence electrons. The highest BCUT2D eigenvalue weighted by Crippen LogP contribution is 2.44. The maximum absolute atomic E-state index is 6.29. The van der Waals surface area contributed by atoms with Crippen LogP contribution in [0.25, 0.3) is 0 Å². The van der Waals surface area contributed by atoms with Crippen molar-refractivity contribution in [2.75, 3.05) is 13.6 Å². The summed E-state index contributed by atoms with van der Waals surface area (Å²) < 4.78 is 0. The molecule has 1 aliphatic carbocycles. The number of benzene rings is 1. The molecule has 0 aromatic heterocycles.